The first kappa shape index (κ1) is 37.0. The van der Waals surface area contributed by atoms with E-state index >= 15 is 0 Å². The van der Waals surface area contributed by atoms with E-state index in [9.17, 15) is 0 Å². The van der Waals surface area contributed by atoms with E-state index in [-0.39, 0.29) is 0 Å². The van der Waals surface area contributed by atoms with Crippen LogP contribution in [0.1, 0.15) is 0 Å². The van der Waals surface area contributed by atoms with Crippen molar-refractivity contribution in [3.63, 3.8) is 0 Å². The summed E-state index contributed by atoms with van der Waals surface area (Å²) < 4.78 is 3.82. The first-order valence-electron chi connectivity index (χ1n) is 22.6. The van der Waals surface area contributed by atoms with Gasteiger partial charge in [-0.3, -0.25) is 0 Å². The van der Waals surface area contributed by atoms with Gasteiger partial charge in [-0.25, -0.2) is 4.98 Å². The summed E-state index contributed by atoms with van der Waals surface area (Å²) in [5.74, 6) is 0. The Morgan fingerprint density at radius 3 is 1.56 bits per heavy atom. The second-order valence-corrected chi connectivity index (χ2v) is 18.4. The molecule has 3 heteroatoms. The van der Waals surface area contributed by atoms with E-state index < -0.39 is 0 Å². The number of hydrogen-bond acceptors (Lipinski definition) is 2. The van der Waals surface area contributed by atoms with Crippen LogP contribution in [0.2, 0.25) is 0 Å². The van der Waals surface area contributed by atoms with Crippen molar-refractivity contribution in [3.05, 3.63) is 230 Å². The summed E-state index contributed by atoms with van der Waals surface area (Å²) in [5, 5.41) is 18.2. The number of fused-ring (bicyclic) bond motifs is 12. The highest BCUT2D eigenvalue weighted by atomic mass is 32.1. The molecule has 0 saturated carbocycles. The minimum absolute atomic E-state index is 0.938. The summed E-state index contributed by atoms with van der Waals surface area (Å²) in [6, 6.07) is 82.7. The second kappa shape index (κ2) is 14.6. The van der Waals surface area contributed by atoms with Crippen LogP contribution in [0.25, 0.3) is 136 Å². The quantitative estimate of drug-likeness (QED) is 0.158. The van der Waals surface area contributed by atoms with Crippen LogP contribution in [-0.4, -0.2) is 9.55 Å². The fraction of sp³-hybridized carbons (Fsp3) is 0. The fourth-order valence-electron chi connectivity index (χ4n) is 10.8. The molecule has 3 heterocycles. The highest BCUT2D eigenvalue weighted by Crippen LogP contribution is 2.45. The Hall–Kier alpha value is -8.37. The maximum atomic E-state index is 5.57. The Kier molecular flexibility index (Phi) is 8.19. The van der Waals surface area contributed by atoms with Crippen LogP contribution < -0.4 is 0 Å². The van der Waals surface area contributed by atoms with Crippen LogP contribution in [0.3, 0.4) is 0 Å². The molecular formula is C63H38N2S. The van der Waals surface area contributed by atoms with Crippen LogP contribution >= 0.6 is 11.3 Å². The van der Waals surface area contributed by atoms with Gasteiger partial charge in [0.2, 0.25) is 0 Å². The van der Waals surface area contributed by atoms with Crippen LogP contribution in [0.4, 0.5) is 0 Å². The van der Waals surface area contributed by atoms with Gasteiger partial charge in [-0.15, -0.1) is 11.3 Å². The molecule has 0 N–H and O–H groups in total. The van der Waals surface area contributed by atoms with Gasteiger partial charge in [-0.2, -0.15) is 0 Å². The first-order valence-corrected chi connectivity index (χ1v) is 23.5. The summed E-state index contributed by atoms with van der Waals surface area (Å²) in [6.07, 6.45) is 0. The minimum Gasteiger partial charge on any atom is -0.309 e. The van der Waals surface area contributed by atoms with Crippen molar-refractivity contribution >= 4 is 97.1 Å². The van der Waals surface area contributed by atoms with Gasteiger partial charge in [0, 0.05) is 26.6 Å². The molecule has 11 aromatic carbocycles. The number of aromatic nitrogens is 2. The van der Waals surface area contributed by atoms with Crippen LogP contribution in [0.15, 0.2) is 230 Å². The van der Waals surface area contributed by atoms with Crippen molar-refractivity contribution in [2.75, 3.05) is 0 Å². The van der Waals surface area contributed by atoms with E-state index in [0.717, 1.165) is 39.2 Å². The maximum Gasteiger partial charge on any atom is 0.0736 e. The molecular weight excluding hydrogens is 817 g/mol. The Bertz CT molecular complexity index is 4180. The molecule has 0 radical (unpaired) electrons. The first-order chi connectivity index (χ1) is 32.7. The molecule has 0 saturated heterocycles. The van der Waals surface area contributed by atoms with Crippen molar-refractivity contribution in [1.29, 1.82) is 0 Å². The maximum absolute atomic E-state index is 5.57. The van der Waals surface area contributed by atoms with Crippen LogP contribution in [0, 0.1) is 0 Å². The molecule has 306 valence electrons. The normalized spacial score (nSPS) is 11.9. The molecule has 0 unspecified atom stereocenters. The van der Waals surface area contributed by atoms with Crippen molar-refractivity contribution in [1.82, 2.24) is 9.55 Å². The summed E-state index contributed by atoms with van der Waals surface area (Å²) in [6.45, 7) is 0. The van der Waals surface area contributed by atoms with E-state index in [1.165, 1.54) is 97.0 Å². The molecule has 66 heavy (non-hydrogen) atoms. The number of rotatable bonds is 5. The van der Waals surface area contributed by atoms with Crippen molar-refractivity contribution in [3.8, 4) is 50.5 Å². The zero-order chi connectivity index (χ0) is 43.3. The lowest BCUT2D eigenvalue weighted by atomic mass is 9.91. The van der Waals surface area contributed by atoms with Gasteiger partial charge in [0.25, 0.3) is 0 Å². The number of benzene rings is 11. The Balaban J connectivity index is 1.12. The van der Waals surface area contributed by atoms with Crippen LogP contribution in [0.5, 0.6) is 0 Å². The third-order valence-electron chi connectivity index (χ3n) is 13.8. The van der Waals surface area contributed by atoms with Gasteiger partial charge in [-0.1, -0.05) is 176 Å². The van der Waals surface area contributed by atoms with Gasteiger partial charge in [0.05, 0.1) is 28.1 Å². The van der Waals surface area contributed by atoms with Gasteiger partial charge in [0.15, 0.2) is 0 Å². The van der Waals surface area contributed by atoms with E-state index in [4.69, 9.17) is 4.98 Å². The lowest BCUT2D eigenvalue weighted by molar-refractivity contribution is 1.16. The van der Waals surface area contributed by atoms with Crippen LogP contribution in [-0.2, 0) is 0 Å². The molecule has 0 aliphatic carbocycles. The largest absolute Gasteiger partial charge is 0.309 e. The van der Waals surface area contributed by atoms with Gasteiger partial charge < -0.3 is 4.57 Å². The molecule has 0 aliphatic heterocycles. The third-order valence-corrected chi connectivity index (χ3v) is 14.8. The standard InChI is InChI=1S/C63H38N2S/c1-2-13-39(14-3-1)43-28-30-61-57(33-43)58-37-55-50-23-9-8-22-49(50)51-29-27-44(48-24-12-19-42-31-32-66-63(42)48)34-54(51)56(55)38-62(58)65(61)45-35-59(52-25-10-17-40-15-4-6-20-46(40)52)64-60(36-45)53-26-11-18-41-16-5-7-21-47(41)53/h1-38H. The number of pyridine rings is 1. The third kappa shape index (κ3) is 5.70. The molecule has 0 spiro atoms. The predicted octanol–water partition coefficient (Wildman–Crippen LogP) is 17.8. The lowest BCUT2D eigenvalue weighted by Gasteiger charge is -2.16. The van der Waals surface area contributed by atoms with E-state index in [0.29, 0.717) is 0 Å². The van der Waals surface area contributed by atoms with Gasteiger partial charge >= 0.3 is 0 Å². The molecule has 2 nitrogen and oxygen atoms in total. The average Bonchev–Trinajstić information content (AvgIpc) is 4.00. The highest BCUT2D eigenvalue weighted by molar-refractivity contribution is 7.17. The zero-order valence-electron chi connectivity index (χ0n) is 35.7. The molecule has 3 aromatic heterocycles. The van der Waals surface area contributed by atoms with Crippen molar-refractivity contribution < 1.29 is 0 Å². The van der Waals surface area contributed by atoms with Crippen molar-refractivity contribution in [2.45, 2.75) is 0 Å². The van der Waals surface area contributed by atoms with E-state index in [1.54, 1.807) is 0 Å². The van der Waals surface area contributed by atoms with Crippen molar-refractivity contribution in [2.24, 2.45) is 0 Å². The van der Waals surface area contributed by atoms with E-state index in [1.807, 2.05) is 11.3 Å². The number of hydrogen-bond donors (Lipinski definition) is 0. The lowest BCUT2D eigenvalue weighted by Crippen LogP contribution is -1.99. The SMILES string of the molecule is c1ccc(-c2ccc3c(c2)c2cc4c5ccccc5c5ccc(-c6cccc7ccsc67)cc5c4cc2n3-c2cc(-c3cccc4ccccc34)nc(-c3cccc4ccccc34)c2)cc1. The second-order valence-electron chi connectivity index (χ2n) is 17.4. The Labute approximate surface area is 384 Å². The average molecular weight is 855 g/mol. The summed E-state index contributed by atoms with van der Waals surface area (Å²) in [4.78, 5) is 5.57. The summed E-state index contributed by atoms with van der Waals surface area (Å²) in [5.41, 5.74) is 12.4. The highest BCUT2D eigenvalue weighted by Gasteiger charge is 2.21. The Morgan fingerprint density at radius 1 is 0.303 bits per heavy atom. The smallest absolute Gasteiger partial charge is 0.0736 e. The summed E-state index contributed by atoms with van der Waals surface area (Å²) >= 11 is 1.82. The number of thiophene rings is 1. The molecule has 14 aromatic rings. The zero-order valence-corrected chi connectivity index (χ0v) is 36.6. The van der Waals surface area contributed by atoms with Gasteiger partial charge in [-0.05, 0) is 135 Å². The molecule has 0 fully saturated rings. The van der Waals surface area contributed by atoms with Gasteiger partial charge in [0.1, 0.15) is 0 Å². The molecule has 14 rings (SSSR count). The molecule has 0 bridgehead atoms. The predicted molar refractivity (Wildman–Crippen MR) is 283 cm³/mol. The molecule has 0 atom stereocenters. The Morgan fingerprint density at radius 2 is 0.833 bits per heavy atom. The summed E-state index contributed by atoms with van der Waals surface area (Å²) in [7, 11) is 0. The van der Waals surface area contributed by atoms with E-state index in [2.05, 4.69) is 234 Å². The molecule has 0 amide bonds. The minimum atomic E-state index is 0.938. The monoisotopic (exact) mass is 854 g/mol. The fourth-order valence-corrected chi connectivity index (χ4v) is 11.7. The topological polar surface area (TPSA) is 17.8 Å². The number of nitrogens with zero attached hydrogens (tertiary/aromatic N) is 2. The molecule has 0 aliphatic rings.